The first kappa shape index (κ1) is 16.8. The fourth-order valence-corrected chi connectivity index (χ4v) is 1.85. The number of rotatable bonds is 12. The smallest absolute Gasteiger partial charge is 0.0726 e. The van der Waals surface area contributed by atoms with Crippen LogP contribution in [-0.2, 0) is 14.2 Å². The third-order valence-electron chi connectivity index (χ3n) is 2.81. The van der Waals surface area contributed by atoms with Crippen molar-refractivity contribution in [2.45, 2.75) is 45.3 Å². The highest BCUT2D eigenvalue weighted by Gasteiger charge is 2.17. The zero-order chi connectivity index (χ0) is 12.9. The van der Waals surface area contributed by atoms with Crippen LogP contribution >= 0.6 is 0 Å². The van der Waals surface area contributed by atoms with Gasteiger partial charge in [-0.2, -0.15) is 0 Å². The molecule has 4 heteroatoms. The van der Waals surface area contributed by atoms with Gasteiger partial charge in [-0.15, -0.1) is 0 Å². The van der Waals surface area contributed by atoms with Crippen molar-refractivity contribution in [3.8, 4) is 0 Å². The van der Waals surface area contributed by atoms with Crippen LogP contribution in [0.2, 0.25) is 0 Å². The van der Waals surface area contributed by atoms with Crippen LogP contribution in [0.4, 0.5) is 0 Å². The van der Waals surface area contributed by atoms with Gasteiger partial charge in [0, 0.05) is 13.2 Å². The van der Waals surface area contributed by atoms with E-state index in [1.165, 1.54) is 6.42 Å². The van der Waals surface area contributed by atoms with Crippen molar-refractivity contribution in [3.63, 3.8) is 0 Å². The molecule has 0 saturated carbocycles. The third kappa shape index (κ3) is 8.55. The van der Waals surface area contributed by atoms with E-state index in [1.54, 1.807) is 7.11 Å². The van der Waals surface area contributed by atoms with Gasteiger partial charge in [-0.05, 0) is 19.9 Å². The zero-order valence-electron chi connectivity index (χ0n) is 11.8. The molecule has 0 aromatic rings. The lowest BCUT2D eigenvalue weighted by Gasteiger charge is -2.25. The van der Waals surface area contributed by atoms with Crippen molar-refractivity contribution in [2.24, 2.45) is 0 Å². The second kappa shape index (κ2) is 12.3. The Morgan fingerprint density at radius 2 is 1.76 bits per heavy atom. The molecule has 0 aromatic heterocycles. The van der Waals surface area contributed by atoms with Gasteiger partial charge in [-0.1, -0.05) is 20.3 Å². The quantitative estimate of drug-likeness (QED) is 0.534. The Bertz CT molecular complexity index is 156. The minimum absolute atomic E-state index is 0.283. The van der Waals surface area contributed by atoms with Crippen LogP contribution in [0.3, 0.4) is 0 Å². The van der Waals surface area contributed by atoms with Gasteiger partial charge in [0.25, 0.3) is 0 Å². The monoisotopic (exact) mass is 247 g/mol. The summed E-state index contributed by atoms with van der Waals surface area (Å²) in [7, 11) is 3.68. The van der Waals surface area contributed by atoms with Crippen LogP contribution in [-0.4, -0.2) is 52.7 Å². The molecule has 0 saturated heterocycles. The largest absolute Gasteiger partial charge is 0.382 e. The Labute approximate surface area is 106 Å². The first-order valence-electron chi connectivity index (χ1n) is 6.65. The predicted octanol–water partition coefficient (Wildman–Crippen LogP) is 1.83. The van der Waals surface area contributed by atoms with Gasteiger partial charge in [-0.3, -0.25) is 0 Å². The molecule has 0 spiro atoms. The van der Waals surface area contributed by atoms with Crippen molar-refractivity contribution in [2.75, 3.05) is 40.6 Å². The van der Waals surface area contributed by atoms with E-state index in [9.17, 15) is 0 Å². The van der Waals surface area contributed by atoms with Gasteiger partial charge in [0.1, 0.15) is 0 Å². The summed E-state index contributed by atoms with van der Waals surface area (Å²) in [5.74, 6) is 0. The van der Waals surface area contributed by atoms with Gasteiger partial charge in [0.15, 0.2) is 0 Å². The highest BCUT2D eigenvalue weighted by molar-refractivity contribution is 4.74. The molecule has 17 heavy (non-hydrogen) atoms. The fourth-order valence-electron chi connectivity index (χ4n) is 1.85. The first-order valence-corrected chi connectivity index (χ1v) is 6.65. The lowest BCUT2D eigenvalue weighted by atomic mass is 10.0. The van der Waals surface area contributed by atoms with E-state index >= 15 is 0 Å². The van der Waals surface area contributed by atoms with E-state index < -0.39 is 0 Å². The van der Waals surface area contributed by atoms with Crippen molar-refractivity contribution in [1.82, 2.24) is 5.32 Å². The Balaban J connectivity index is 3.65. The molecule has 0 rings (SSSR count). The summed E-state index contributed by atoms with van der Waals surface area (Å²) in [6, 6.07) is 0.448. The molecule has 0 aliphatic rings. The Hall–Kier alpha value is -0.160. The molecule has 4 nitrogen and oxygen atoms in total. The lowest BCUT2D eigenvalue weighted by molar-refractivity contribution is -0.0211. The number of ether oxygens (including phenoxy) is 3. The van der Waals surface area contributed by atoms with Gasteiger partial charge in [0.05, 0.1) is 32.5 Å². The number of hydrogen-bond acceptors (Lipinski definition) is 4. The minimum atomic E-state index is 0.283. The van der Waals surface area contributed by atoms with Crippen molar-refractivity contribution in [3.05, 3.63) is 0 Å². The van der Waals surface area contributed by atoms with E-state index in [1.807, 2.05) is 7.05 Å². The fraction of sp³-hybridized carbons (Fsp3) is 1.00. The molecule has 0 aliphatic heterocycles. The molecule has 1 N–H and O–H groups in total. The summed E-state index contributed by atoms with van der Waals surface area (Å²) in [5.41, 5.74) is 0. The van der Waals surface area contributed by atoms with E-state index in [4.69, 9.17) is 14.2 Å². The van der Waals surface area contributed by atoms with Gasteiger partial charge < -0.3 is 19.5 Å². The maximum atomic E-state index is 5.85. The Morgan fingerprint density at radius 1 is 1.06 bits per heavy atom. The van der Waals surface area contributed by atoms with Gasteiger partial charge >= 0.3 is 0 Å². The number of likely N-dealkylation sites (N-methyl/N-ethyl adjacent to an activating group) is 1. The third-order valence-corrected chi connectivity index (χ3v) is 2.81. The molecule has 0 heterocycles. The zero-order valence-corrected chi connectivity index (χ0v) is 11.8. The number of hydrogen-bond donors (Lipinski definition) is 1. The van der Waals surface area contributed by atoms with Crippen LogP contribution in [0.25, 0.3) is 0 Å². The Kier molecular flexibility index (Phi) is 12.2. The summed E-state index contributed by atoms with van der Waals surface area (Å²) in [5, 5.41) is 3.33. The number of nitrogens with one attached hydrogen (secondary N) is 1. The van der Waals surface area contributed by atoms with Crippen molar-refractivity contribution in [1.29, 1.82) is 0 Å². The predicted molar refractivity (Wildman–Crippen MR) is 70.5 cm³/mol. The average molecular weight is 247 g/mol. The molecule has 2 unspecified atom stereocenters. The highest BCUT2D eigenvalue weighted by atomic mass is 16.5. The van der Waals surface area contributed by atoms with Gasteiger partial charge in [0.2, 0.25) is 0 Å². The van der Waals surface area contributed by atoms with Gasteiger partial charge in [-0.25, -0.2) is 0 Å². The molecule has 104 valence electrons. The van der Waals surface area contributed by atoms with Crippen LogP contribution in [0, 0.1) is 0 Å². The van der Waals surface area contributed by atoms with E-state index in [0.717, 1.165) is 12.8 Å². The highest BCUT2D eigenvalue weighted by Crippen LogP contribution is 2.09. The van der Waals surface area contributed by atoms with Crippen molar-refractivity contribution < 1.29 is 14.2 Å². The van der Waals surface area contributed by atoms with E-state index in [2.05, 4.69) is 19.2 Å². The number of methoxy groups -OCH3 is 1. The molecule has 0 fully saturated rings. The van der Waals surface area contributed by atoms with Crippen LogP contribution in [0.5, 0.6) is 0 Å². The van der Waals surface area contributed by atoms with E-state index in [-0.39, 0.29) is 6.10 Å². The summed E-state index contributed by atoms with van der Waals surface area (Å²) in [6.45, 7) is 6.95. The van der Waals surface area contributed by atoms with Crippen LogP contribution < -0.4 is 5.32 Å². The molecule has 0 aliphatic carbocycles. The normalized spacial score (nSPS) is 14.8. The topological polar surface area (TPSA) is 39.7 Å². The molecular formula is C13H29NO3. The van der Waals surface area contributed by atoms with Crippen molar-refractivity contribution >= 4 is 0 Å². The molecule has 0 radical (unpaired) electrons. The molecule has 0 aromatic carbocycles. The molecule has 0 amide bonds. The second-order valence-corrected chi connectivity index (χ2v) is 4.11. The summed E-state index contributed by atoms with van der Waals surface area (Å²) in [4.78, 5) is 0. The van der Waals surface area contributed by atoms with E-state index in [0.29, 0.717) is 32.5 Å². The average Bonchev–Trinajstić information content (AvgIpc) is 2.36. The van der Waals surface area contributed by atoms with Crippen LogP contribution in [0.15, 0.2) is 0 Å². The SMILES string of the molecule is CCCC(NC)C(CC)OCCOCCOC. The summed E-state index contributed by atoms with van der Waals surface area (Å²) >= 11 is 0. The molecule has 2 atom stereocenters. The summed E-state index contributed by atoms with van der Waals surface area (Å²) in [6.07, 6.45) is 3.64. The lowest BCUT2D eigenvalue weighted by Crippen LogP contribution is -2.39. The second-order valence-electron chi connectivity index (χ2n) is 4.11. The maximum absolute atomic E-state index is 5.85. The molecular weight excluding hydrogens is 218 g/mol. The first-order chi connectivity index (χ1) is 8.29. The maximum Gasteiger partial charge on any atom is 0.0726 e. The summed E-state index contributed by atoms with van der Waals surface area (Å²) < 4.78 is 16.1. The Morgan fingerprint density at radius 3 is 2.29 bits per heavy atom. The minimum Gasteiger partial charge on any atom is -0.382 e. The molecule has 0 bridgehead atoms. The van der Waals surface area contributed by atoms with Crippen LogP contribution in [0.1, 0.15) is 33.1 Å². The standard InChI is InChI=1S/C13H29NO3/c1-5-7-12(14-3)13(6-2)17-11-10-16-9-8-15-4/h12-14H,5-11H2,1-4H3.